The third-order valence-electron chi connectivity index (χ3n) is 6.44. The van der Waals surface area contributed by atoms with E-state index in [1.165, 1.54) is 12.1 Å². The number of methoxy groups -OCH3 is 1. The summed E-state index contributed by atoms with van der Waals surface area (Å²) in [6.45, 7) is 2.80. The van der Waals surface area contributed by atoms with Gasteiger partial charge in [0.1, 0.15) is 18.2 Å². The Morgan fingerprint density at radius 3 is 2.70 bits per heavy atom. The summed E-state index contributed by atoms with van der Waals surface area (Å²) >= 11 is 6.66. The summed E-state index contributed by atoms with van der Waals surface area (Å²) in [7, 11) is 1.60. The Hall–Kier alpha value is -4.34. The summed E-state index contributed by atoms with van der Waals surface area (Å²) in [5.74, 6) is -0.284. The number of carbonyl (C=O) groups is 1. The second-order valence-corrected chi connectivity index (χ2v) is 9.66. The first-order valence-electron chi connectivity index (χ1n) is 12.5. The molecule has 3 heterocycles. The lowest BCUT2D eigenvalue weighted by Gasteiger charge is -2.11. The molecule has 0 saturated heterocycles. The Bertz CT molecular complexity index is 1710. The number of ether oxygens (including phenoxy) is 2. The molecule has 0 radical (unpaired) electrons. The number of imidazole rings is 1. The molecular weight excluding hydrogens is 535 g/mol. The Morgan fingerprint density at radius 2 is 1.95 bits per heavy atom. The molecule has 0 bridgehead atoms. The fourth-order valence-electron chi connectivity index (χ4n) is 4.34. The average Bonchev–Trinajstić information content (AvgIpc) is 3.28. The van der Waals surface area contributed by atoms with Gasteiger partial charge in [-0.15, -0.1) is 0 Å². The van der Waals surface area contributed by atoms with Gasteiger partial charge in [0, 0.05) is 43.5 Å². The normalized spacial score (nSPS) is 11.2. The van der Waals surface area contributed by atoms with Crippen molar-refractivity contribution in [3.8, 4) is 17.1 Å². The molecule has 0 fully saturated rings. The molecule has 2 aromatic carbocycles. The Balaban J connectivity index is 1.37. The van der Waals surface area contributed by atoms with Crippen LogP contribution in [0.1, 0.15) is 33.0 Å². The number of aryl methyl sites for hydroxylation is 1. The van der Waals surface area contributed by atoms with Crippen molar-refractivity contribution in [2.45, 2.75) is 26.5 Å². The van der Waals surface area contributed by atoms with Crippen molar-refractivity contribution < 1.29 is 23.8 Å². The zero-order valence-electron chi connectivity index (χ0n) is 21.9. The number of pyridine rings is 2. The first-order valence-corrected chi connectivity index (χ1v) is 12.9. The monoisotopic (exact) mass is 560 g/mol. The molecule has 0 aliphatic carbocycles. The molecule has 3 aromatic heterocycles. The molecule has 204 valence electrons. The van der Waals surface area contributed by atoms with E-state index in [9.17, 15) is 14.3 Å². The van der Waals surface area contributed by atoms with Gasteiger partial charge >= 0.3 is 5.97 Å². The van der Waals surface area contributed by atoms with E-state index in [1.807, 2.05) is 23.6 Å². The number of fused-ring (bicyclic) bond motifs is 1. The molecule has 0 aliphatic heterocycles. The molecule has 5 rings (SSSR count). The molecule has 5 aromatic rings. The van der Waals surface area contributed by atoms with Crippen molar-refractivity contribution in [1.29, 1.82) is 0 Å². The molecular formula is C30H26ClFN4O4. The van der Waals surface area contributed by atoms with Gasteiger partial charge in [0.05, 0.1) is 39.6 Å². The lowest BCUT2D eigenvalue weighted by molar-refractivity contribution is 0.0697. The Kier molecular flexibility index (Phi) is 8.04. The van der Waals surface area contributed by atoms with Crippen molar-refractivity contribution in [3.05, 3.63) is 106 Å². The van der Waals surface area contributed by atoms with Crippen LogP contribution in [0.5, 0.6) is 5.88 Å². The molecule has 0 spiro atoms. The van der Waals surface area contributed by atoms with Crippen LogP contribution in [-0.4, -0.2) is 44.3 Å². The molecule has 0 aliphatic rings. The highest BCUT2D eigenvalue weighted by atomic mass is 35.5. The maximum Gasteiger partial charge on any atom is 0.335 e. The zero-order chi connectivity index (χ0) is 28.2. The Morgan fingerprint density at radius 1 is 1.10 bits per heavy atom. The molecule has 0 unspecified atom stereocenters. The zero-order valence-corrected chi connectivity index (χ0v) is 22.7. The predicted molar refractivity (Wildman–Crippen MR) is 149 cm³/mol. The number of hydrogen-bond donors (Lipinski definition) is 1. The quantitative estimate of drug-likeness (QED) is 0.220. The van der Waals surface area contributed by atoms with Gasteiger partial charge in [-0.3, -0.25) is 4.98 Å². The summed E-state index contributed by atoms with van der Waals surface area (Å²) in [5, 5.41) is 9.85. The van der Waals surface area contributed by atoms with Crippen LogP contribution in [0.15, 0.2) is 66.9 Å². The second-order valence-electron chi connectivity index (χ2n) is 9.26. The maximum atomic E-state index is 14.2. The highest BCUT2D eigenvalue weighted by molar-refractivity contribution is 6.31. The minimum absolute atomic E-state index is 0.0541. The van der Waals surface area contributed by atoms with E-state index in [-0.39, 0.29) is 18.0 Å². The van der Waals surface area contributed by atoms with Crippen LogP contribution in [-0.2, 0) is 24.3 Å². The minimum atomic E-state index is -1.01. The van der Waals surface area contributed by atoms with E-state index >= 15 is 0 Å². The standard InChI is InChI=1S/C30H26ClFN4O4/c1-18-6-7-20(23(32)12-18)17-40-29-5-3-4-24(35-29)21-13-22(31)26(33-16-21)15-28-34-25-9-8-19(30(37)38)14-27(25)36(28)10-11-39-2/h3-9,12-14,16H,10-11,15,17H2,1-2H3,(H,37,38). The molecule has 0 amide bonds. The number of carboxylic acids is 1. The summed E-state index contributed by atoms with van der Waals surface area (Å²) in [5.41, 5.74) is 4.76. The van der Waals surface area contributed by atoms with Crippen molar-refractivity contribution in [2.24, 2.45) is 0 Å². The van der Waals surface area contributed by atoms with Crippen molar-refractivity contribution in [2.75, 3.05) is 13.7 Å². The minimum Gasteiger partial charge on any atom is -0.478 e. The van der Waals surface area contributed by atoms with Gasteiger partial charge in [-0.25, -0.2) is 19.2 Å². The smallest absolute Gasteiger partial charge is 0.335 e. The third-order valence-corrected chi connectivity index (χ3v) is 6.77. The van der Waals surface area contributed by atoms with Crippen LogP contribution in [0.2, 0.25) is 5.02 Å². The van der Waals surface area contributed by atoms with Gasteiger partial charge in [0.2, 0.25) is 5.88 Å². The fourth-order valence-corrected chi connectivity index (χ4v) is 4.57. The number of benzene rings is 2. The number of aromatic carboxylic acids is 1. The maximum absolute atomic E-state index is 14.2. The lowest BCUT2D eigenvalue weighted by Crippen LogP contribution is -2.10. The highest BCUT2D eigenvalue weighted by Crippen LogP contribution is 2.27. The highest BCUT2D eigenvalue weighted by Gasteiger charge is 2.16. The molecule has 40 heavy (non-hydrogen) atoms. The van der Waals surface area contributed by atoms with Crippen LogP contribution >= 0.6 is 11.6 Å². The number of rotatable bonds is 10. The number of halogens is 2. The van der Waals surface area contributed by atoms with Gasteiger partial charge in [-0.2, -0.15) is 0 Å². The summed E-state index contributed by atoms with van der Waals surface area (Å²) in [6, 6.07) is 16.9. The van der Waals surface area contributed by atoms with Crippen LogP contribution in [0.25, 0.3) is 22.3 Å². The SMILES string of the molecule is COCCn1c(Cc2ncc(-c3cccc(OCc4ccc(C)cc4F)n3)cc2Cl)nc2ccc(C(=O)O)cc21. The van der Waals surface area contributed by atoms with E-state index in [1.54, 1.807) is 49.7 Å². The van der Waals surface area contributed by atoms with E-state index in [0.29, 0.717) is 69.8 Å². The van der Waals surface area contributed by atoms with E-state index in [0.717, 1.165) is 5.56 Å². The van der Waals surface area contributed by atoms with Crippen LogP contribution in [0, 0.1) is 12.7 Å². The second kappa shape index (κ2) is 11.8. The topological polar surface area (TPSA) is 99.4 Å². The van der Waals surface area contributed by atoms with Crippen molar-refractivity contribution >= 4 is 28.6 Å². The predicted octanol–water partition coefficient (Wildman–Crippen LogP) is 6.11. The van der Waals surface area contributed by atoms with Gasteiger partial charge in [-0.05, 0) is 48.9 Å². The molecule has 1 N–H and O–H groups in total. The number of hydrogen-bond acceptors (Lipinski definition) is 6. The van der Waals surface area contributed by atoms with Gasteiger partial charge in [0.15, 0.2) is 0 Å². The van der Waals surface area contributed by atoms with E-state index in [4.69, 9.17) is 26.1 Å². The van der Waals surface area contributed by atoms with Gasteiger partial charge in [-0.1, -0.05) is 29.8 Å². The first kappa shape index (κ1) is 27.2. The number of aromatic nitrogens is 4. The van der Waals surface area contributed by atoms with Crippen molar-refractivity contribution in [1.82, 2.24) is 19.5 Å². The van der Waals surface area contributed by atoms with E-state index in [2.05, 4.69) is 9.97 Å². The Labute approximate surface area is 235 Å². The average molecular weight is 561 g/mol. The first-order chi connectivity index (χ1) is 19.3. The number of carboxylic acid groups (broad SMARTS) is 1. The van der Waals surface area contributed by atoms with Crippen molar-refractivity contribution in [3.63, 3.8) is 0 Å². The lowest BCUT2D eigenvalue weighted by atomic mass is 10.1. The summed E-state index contributed by atoms with van der Waals surface area (Å²) < 4.78 is 27.1. The number of nitrogens with zero attached hydrogens (tertiary/aromatic N) is 4. The molecule has 0 atom stereocenters. The molecule has 0 saturated carbocycles. The van der Waals surface area contributed by atoms with Gasteiger partial charge in [0.25, 0.3) is 0 Å². The van der Waals surface area contributed by atoms with Crippen LogP contribution in [0.3, 0.4) is 0 Å². The van der Waals surface area contributed by atoms with Crippen LogP contribution < -0.4 is 4.74 Å². The fraction of sp³-hybridized carbons (Fsp3) is 0.200. The largest absolute Gasteiger partial charge is 0.478 e. The molecule has 8 nitrogen and oxygen atoms in total. The molecule has 10 heteroatoms. The summed E-state index contributed by atoms with van der Waals surface area (Å²) in [6.07, 6.45) is 2.01. The van der Waals surface area contributed by atoms with Crippen LogP contribution in [0.4, 0.5) is 4.39 Å². The third kappa shape index (κ3) is 5.95. The summed E-state index contributed by atoms with van der Waals surface area (Å²) in [4.78, 5) is 25.3. The van der Waals surface area contributed by atoms with E-state index < -0.39 is 5.97 Å². The van der Waals surface area contributed by atoms with Gasteiger partial charge < -0.3 is 19.1 Å².